The Morgan fingerprint density at radius 3 is 2.67 bits per heavy atom. The maximum Gasteiger partial charge on any atom is 0.304 e. The van der Waals surface area contributed by atoms with Crippen molar-refractivity contribution in [3.8, 4) is 11.6 Å². The van der Waals surface area contributed by atoms with E-state index >= 15 is 0 Å². The number of para-hydroxylation sites is 1. The van der Waals surface area contributed by atoms with Crippen molar-refractivity contribution >= 4 is 34.1 Å². The van der Waals surface area contributed by atoms with Crippen LogP contribution in [0, 0.1) is 0 Å². The number of nitrogens with zero attached hydrogens (tertiary/aromatic N) is 2. The van der Waals surface area contributed by atoms with E-state index in [2.05, 4.69) is 15.2 Å². The molecule has 1 aromatic heterocycles. The summed E-state index contributed by atoms with van der Waals surface area (Å²) in [5.41, 5.74) is 0.930. The molecule has 3 aromatic rings. The molecule has 122 valence electrons. The van der Waals surface area contributed by atoms with Crippen molar-refractivity contribution in [1.29, 1.82) is 0 Å². The first-order valence-corrected chi connectivity index (χ1v) is 7.60. The van der Waals surface area contributed by atoms with Gasteiger partial charge in [-0.2, -0.15) is 0 Å². The molecule has 1 unspecified atom stereocenters. The summed E-state index contributed by atoms with van der Waals surface area (Å²) < 4.78 is 5.49. The highest BCUT2D eigenvalue weighted by molar-refractivity contribution is 6.30. The van der Waals surface area contributed by atoms with Gasteiger partial charge in [0.1, 0.15) is 5.75 Å². The van der Waals surface area contributed by atoms with E-state index in [1.54, 1.807) is 43.3 Å². The van der Waals surface area contributed by atoms with Gasteiger partial charge in [0.05, 0.1) is 5.52 Å². The molecule has 2 N–H and O–H groups in total. The molecule has 0 aliphatic heterocycles. The number of azo groups is 1. The van der Waals surface area contributed by atoms with Crippen LogP contribution in [0.1, 0.15) is 6.92 Å². The lowest BCUT2D eigenvalue weighted by Gasteiger charge is -2.10. The fraction of sp³-hybridized carbons (Fsp3) is 0.118. The number of hydrogen-bond acceptors (Lipinski definition) is 4. The second-order valence-electron chi connectivity index (χ2n) is 5.12. The van der Waals surface area contributed by atoms with Crippen LogP contribution in [0.5, 0.6) is 11.6 Å². The van der Waals surface area contributed by atoms with Gasteiger partial charge in [0.25, 0.3) is 0 Å². The Hall–Kier alpha value is -2.86. The van der Waals surface area contributed by atoms with Gasteiger partial charge in [-0.3, -0.25) is 4.79 Å². The van der Waals surface area contributed by atoms with Gasteiger partial charge in [-0.25, -0.2) is 0 Å². The first-order valence-electron chi connectivity index (χ1n) is 7.22. The summed E-state index contributed by atoms with van der Waals surface area (Å²) >= 11 is 5.80. The van der Waals surface area contributed by atoms with Crippen molar-refractivity contribution in [3.63, 3.8) is 0 Å². The summed E-state index contributed by atoms with van der Waals surface area (Å²) in [6.07, 6.45) is -0.817. The fourth-order valence-corrected chi connectivity index (χ4v) is 2.29. The molecule has 3 rings (SSSR count). The predicted molar refractivity (Wildman–Crippen MR) is 91.0 cm³/mol. The zero-order chi connectivity index (χ0) is 17.1. The van der Waals surface area contributed by atoms with E-state index in [-0.39, 0.29) is 11.6 Å². The number of carbonyl (C=O) groups excluding carboxylic acids is 1. The maximum atomic E-state index is 12.1. The van der Waals surface area contributed by atoms with Gasteiger partial charge < -0.3 is 14.8 Å². The molecule has 2 aromatic carbocycles. The van der Waals surface area contributed by atoms with Crippen LogP contribution in [-0.2, 0) is 4.79 Å². The first-order chi connectivity index (χ1) is 11.5. The highest BCUT2D eigenvalue weighted by Gasteiger charge is 2.16. The van der Waals surface area contributed by atoms with E-state index in [4.69, 9.17) is 16.3 Å². The number of aromatic hydroxyl groups is 1. The Bertz CT molecular complexity index is 903. The van der Waals surface area contributed by atoms with Crippen molar-refractivity contribution in [3.05, 3.63) is 53.6 Å². The van der Waals surface area contributed by atoms with Gasteiger partial charge in [0.2, 0.25) is 5.88 Å². The highest BCUT2D eigenvalue weighted by Crippen LogP contribution is 2.35. The quantitative estimate of drug-likeness (QED) is 0.678. The Morgan fingerprint density at radius 1 is 1.21 bits per heavy atom. The fourth-order valence-electron chi connectivity index (χ4n) is 2.16. The molecule has 0 spiro atoms. The zero-order valence-electron chi connectivity index (χ0n) is 12.7. The highest BCUT2D eigenvalue weighted by atomic mass is 35.5. The number of nitrogens with one attached hydrogen (secondary N) is 1. The van der Waals surface area contributed by atoms with E-state index < -0.39 is 12.0 Å². The Labute approximate surface area is 142 Å². The number of fused-ring (bicyclic) bond motifs is 1. The van der Waals surface area contributed by atoms with Crippen LogP contribution in [0.4, 0.5) is 5.69 Å². The van der Waals surface area contributed by atoms with Crippen LogP contribution in [0.25, 0.3) is 10.9 Å². The van der Waals surface area contributed by atoms with Gasteiger partial charge in [0.15, 0.2) is 11.8 Å². The molecule has 0 fully saturated rings. The average Bonchev–Trinajstić information content (AvgIpc) is 2.90. The normalized spacial score (nSPS) is 12.6. The van der Waals surface area contributed by atoms with Crippen LogP contribution in [0.15, 0.2) is 58.8 Å². The van der Waals surface area contributed by atoms with Crippen molar-refractivity contribution < 1.29 is 14.6 Å². The Balaban J connectivity index is 1.74. The third-order valence-corrected chi connectivity index (χ3v) is 3.63. The lowest BCUT2D eigenvalue weighted by molar-refractivity contribution is -0.124. The summed E-state index contributed by atoms with van der Waals surface area (Å²) in [5.74, 6) is -0.195. The van der Waals surface area contributed by atoms with Crippen LogP contribution >= 0.6 is 11.6 Å². The van der Waals surface area contributed by atoms with Crippen molar-refractivity contribution in [2.75, 3.05) is 0 Å². The molecule has 0 saturated carbocycles. The predicted octanol–water partition coefficient (Wildman–Crippen LogP) is 4.60. The third-order valence-electron chi connectivity index (χ3n) is 3.38. The molecule has 7 heteroatoms. The summed E-state index contributed by atoms with van der Waals surface area (Å²) in [4.78, 5) is 14.8. The lowest BCUT2D eigenvalue weighted by atomic mass is 10.2. The number of carbonyl (C=O) groups is 1. The lowest BCUT2D eigenvalue weighted by Crippen LogP contribution is -2.21. The van der Waals surface area contributed by atoms with Gasteiger partial charge in [0, 0.05) is 10.4 Å². The molecule has 1 heterocycles. The van der Waals surface area contributed by atoms with Gasteiger partial charge in [-0.05, 0) is 37.3 Å². The van der Waals surface area contributed by atoms with E-state index in [9.17, 15) is 9.90 Å². The summed E-state index contributed by atoms with van der Waals surface area (Å²) in [5, 5.41) is 18.7. The Kier molecular flexibility index (Phi) is 4.48. The van der Waals surface area contributed by atoms with Crippen molar-refractivity contribution in [1.82, 2.24) is 4.98 Å². The van der Waals surface area contributed by atoms with E-state index in [1.165, 1.54) is 0 Å². The minimum atomic E-state index is -0.817. The third kappa shape index (κ3) is 3.38. The number of amides is 1. The number of hydrogen-bond donors (Lipinski definition) is 2. The Morgan fingerprint density at radius 2 is 1.92 bits per heavy atom. The molecule has 6 nitrogen and oxygen atoms in total. The molecule has 0 bridgehead atoms. The van der Waals surface area contributed by atoms with Crippen molar-refractivity contribution in [2.24, 2.45) is 10.2 Å². The maximum absolute atomic E-state index is 12.1. The summed E-state index contributed by atoms with van der Waals surface area (Å²) in [7, 11) is 0. The number of benzene rings is 2. The van der Waals surface area contributed by atoms with Crippen LogP contribution in [-0.4, -0.2) is 22.1 Å². The molecule has 0 aliphatic carbocycles. The number of halogens is 1. The minimum absolute atomic E-state index is 0.140. The monoisotopic (exact) mass is 343 g/mol. The molecule has 0 aliphatic rings. The van der Waals surface area contributed by atoms with E-state index in [0.717, 1.165) is 0 Å². The van der Waals surface area contributed by atoms with E-state index in [1.807, 2.05) is 12.1 Å². The topological polar surface area (TPSA) is 87.0 Å². The second kappa shape index (κ2) is 6.72. The standard InChI is InChI=1S/C17H14ClN3O3/c1-10(24-12-8-6-11(18)7-9-12)16(22)21-20-15-13-4-2-3-5-14(13)19-17(15)23/h2-10,19,23H,1H3. The molecular formula is C17H14ClN3O3. The average molecular weight is 344 g/mol. The van der Waals surface area contributed by atoms with Gasteiger partial charge >= 0.3 is 5.91 Å². The zero-order valence-corrected chi connectivity index (χ0v) is 13.5. The molecule has 1 amide bonds. The summed E-state index contributed by atoms with van der Waals surface area (Å²) in [6, 6.07) is 13.9. The largest absolute Gasteiger partial charge is 0.493 e. The minimum Gasteiger partial charge on any atom is -0.493 e. The smallest absolute Gasteiger partial charge is 0.304 e. The van der Waals surface area contributed by atoms with E-state index in [0.29, 0.717) is 21.7 Å². The molecule has 0 radical (unpaired) electrons. The van der Waals surface area contributed by atoms with Gasteiger partial charge in [-0.15, -0.1) is 10.2 Å². The molecule has 24 heavy (non-hydrogen) atoms. The summed E-state index contributed by atoms with van der Waals surface area (Å²) in [6.45, 7) is 1.57. The van der Waals surface area contributed by atoms with Crippen LogP contribution in [0.3, 0.4) is 0 Å². The first kappa shape index (κ1) is 16.0. The van der Waals surface area contributed by atoms with Crippen molar-refractivity contribution in [2.45, 2.75) is 13.0 Å². The number of rotatable bonds is 4. The second-order valence-corrected chi connectivity index (χ2v) is 5.56. The van der Waals surface area contributed by atoms with Gasteiger partial charge in [-0.1, -0.05) is 29.8 Å². The number of H-pyrrole nitrogens is 1. The number of aromatic amines is 1. The molecule has 1 atom stereocenters. The molecule has 0 saturated heterocycles. The number of ether oxygens (including phenoxy) is 1. The SMILES string of the molecule is CC(Oc1ccc(Cl)cc1)C(=O)N=Nc1c(O)[nH]c2ccccc12. The van der Waals surface area contributed by atoms with Crippen LogP contribution in [0.2, 0.25) is 5.02 Å². The van der Waals surface area contributed by atoms with Crippen LogP contribution < -0.4 is 4.74 Å². The number of aromatic nitrogens is 1. The molecular weight excluding hydrogens is 330 g/mol.